The Bertz CT molecular complexity index is 596. The number of hydroxylamine groups is 2. The van der Waals surface area contributed by atoms with Crippen molar-refractivity contribution in [2.75, 3.05) is 14.2 Å². The molecule has 0 N–H and O–H groups in total. The lowest BCUT2D eigenvalue weighted by molar-refractivity contribution is -0.0757. The molecule has 0 saturated carbocycles. The maximum absolute atomic E-state index is 11.8. The van der Waals surface area contributed by atoms with E-state index in [-0.39, 0.29) is 5.91 Å². The van der Waals surface area contributed by atoms with E-state index in [1.807, 2.05) is 24.3 Å². The maximum atomic E-state index is 11.8. The Kier molecular flexibility index (Phi) is 5.20. The molecule has 0 bridgehead atoms. The normalized spacial score (nSPS) is 10.2. The molecule has 0 aliphatic carbocycles. The SMILES string of the molecule is CON(C)C(=O)c1ccc(OCc2ccc(Cl)cc2)cc1. The zero-order valence-corrected chi connectivity index (χ0v) is 12.6. The molecule has 0 aliphatic rings. The maximum Gasteiger partial charge on any atom is 0.277 e. The molecule has 0 fully saturated rings. The summed E-state index contributed by atoms with van der Waals surface area (Å²) in [6, 6.07) is 14.4. The summed E-state index contributed by atoms with van der Waals surface area (Å²) in [5.41, 5.74) is 1.57. The van der Waals surface area contributed by atoms with Crippen LogP contribution in [0.4, 0.5) is 0 Å². The molecule has 0 aromatic heterocycles. The number of benzene rings is 2. The van der Waals surface area contributed by atoms with Gasteiger partial charge < -0.3 is 4.74 Å². The minimum atomic E-state index is -0.207. The Labute approximate surface area is 128 Å². The van der Waals surface area contributed by atoms with E-state index in [0.29, 0.717) is 22.9 Å². The van der Waals surface area contributed by atoms with Crippen LogP contribution in [0.3, 0.4) is 0 Å². The van der Waals surface area contributed by atoms with Crippen LogP contribution in [0.1, 0.15) is 15.9 Å². The van der Waals surface area contributed by atoms with E-state index in [0.717, 1.165) is 5.56 Å². The summed E-state index contributed by atoms with van der Waals surface area (Å²) in [5.74, 6) is 0.489. The van der Waals surface area contributed by atoms with Gasteiger partial charge in [-0.15, -0.1) is 0 Å². The van der Waals surface area contributed by atoms with Crippen molar-refractivity contribution in [1.82, 2.24) is 5.06 Å². The quantitative estimate of drug-likeness (QED) is 0.793. The van der Waals surface area contributed by atoms with Crippen LogP contribution >= 0.6 is 11.6 Å². The van der Waals surface area contributed by atoms with E-state index >= 15 is 0 Å². The minimum absolute atomic E-state index is 0.207. The lowest BCUT2D eigenvalue weighted by atomic mass is 10.2. The van der Waals surface area contributed by atoms with Crippen molar-refractivity contribution >= 4 is 17.5 Å². The third kappa shape index (κ3) is 4.21. The highest BCUT2D eigenvalue weighted by atomic mass is 35.5. The molecular formula is C16H16ClNO3. The van der Waals surface area contributed by atoms with Gasteiger partial charge >= 0.3 is 0 Å². The second-order valence-electron chi connectivity index (χ2n) is 4.42. The first-order chi connectivity index (χ1) is 10.1. The summed E-state index contributed by atoms with van der Waals surface area (Å²) >= 11 is 5.83. The molecule has 2 rings (SSSR count). The molecule has 0 unspecified atom stereocenters. The average Bonchev–Trinajstić information content (AvgIpc) is 2.53. The van der Waals surface area contributed by atoms with Gasteiger partial charge in [-0.3, -0.25) is 9.63 Å². The largest absolute Gasteiger partial charge is 0.489 e. The summed E-state index contributed by atoms with van der Waals surface area (Å²) in [6.45, 7) is 0.447. The summed E-state index contributed by atoms with van der Waals surface area (Å²) < 4.78 is 5.65. The van der Waals surface area contributed by atoms with Crippen LogP contribution in [0.15, 0.2) is 48.5 Å². The lowest BCUT2D eigenvalue weighted by Crippen LogP contribution is -2.25. The monoisotopic (exact) mass is 305 g/mol. The molecule has 2 aromatic carbocycles. The molecule has 0 aliphatic heterocycles. The van der Waals surface area contributed by atoms with E-state index in [1.54, 1.807) is 31.3 Å². The molecule has 0 atom stereocenters. The number of halogens is 1. The van der Waals surface area contributed by atoms with E-state index in [4.69, 9.17) is 21.2 Å². The van der Waals surface area contributed by atoms with Gasteiger partial charge in [-0.1, -0.05) is 23.7 Å². The zero-order valence-electron chi connectivity index (χ0n) is 11.9. The van der Waals surface area contributed by atoms with Crippen LogP contribution in [-0.4, -0.2) is 25.1 Å². The molecule has 2 aromatic rings. The highest BCUT2D eigenvalue weighted by Gasteiger charge is 2.10. The van der Waals surface area contributed by atoms with Crippen molar-refractivity contribution < 1.29 is 14.4 Å². The van der Waals surface area contributed by atoms with Crippen molar-refractivity contribution in [3.8, 4) is 5.75 Å². The van der Waals surface area contributed by atoms with E-state index < -0.39 is 0 Å². The number of hydrogen-bond donors (Lipinski definition) is 0. The Balaban J connectivity index is 1.96. The first-order valence-corrected chi connectivity index (χ1v) is 6.77. The Morgan fingerprint density at radius 2 is 1.71 bits per heavy atom. The standard InChI is InChI=1S/C16H16ClNO3/c1-18(20-2)16(19)13-5-9-15(10-6-13)21-11-12-3-7-14(17)8-4-12/h3-10H,11H2,1-2H3. The van der Waals surface area contributed by atoms with Crippen LogP contribution in [0.2, 0.25) is 5.02 Å². The van der Waals surface area contributed by atoms with Gasteiger partial charge in [0.15, 0.2) is 0 Å². The number of carbonyl (C=O) groups excluding carboxylic acids is 1. The topological polar surface area (TPSA) is 38.8 Å². The van der Waals surface area contributed by atoms with E-state index in [2.05, 4.69) is 0 Å². The Morgan fingerprint density at radius 1 is 1.10 bits per heavy atom. The second kappa shape index (κ2) is 7.11. The third-order valence-electron chi connectivity index (χ3n) is 2.98. The number of amides is 1. The van der Waals surface area contributed by atoms with Crippen LogP contribution in [0.25, 0.3) is 0 Å². The smallest absolute Gasteiger partial charge is 0.277 e. The summed E-state index contributed by atoms with van der Waals surface area (Å²) in [7, 11) is 3.01. The Hall–Kier alpha value is -2.04. The van der Waals surface area contributed by atoms with Gasteiger partial charge in [0.25, 0.3) is 5.91 Å². The molecule has 0 saturated heterocycles. The fraction of sp³-hybridized carbons (Fsp3) is 0.188. The molecule has 0 radical (unpaired) electrons. The van der Waals surface area contributed by atoms with E-state index in [9.17, 15) is 4.79 Å². The molecule has 0 spiro atoms. The van der Waals surface area contributed by atoms with Crippen molar-refractivity contribution in [2.24, 2.45) is 0 Å². The van der Waals surface area contributed by atoms with Crippen LogP contribution in [0, 0.1) is 0 Å². The predicted octanol–water partition coefficient (Wildman–Crippen LogP) is 3.55. The van der Waals surface area contributed by atoms with Crippen LogP contribution < -0.4 is 4.74 Å². The number of nitrogens with zero attached hydrogens (tertiary/aromatic N) is 1. The molecular weight excluding hydrogens is 290 g/mol. The first-order valence-electron chi connectivity index (χ1n) is 6.39. The molecule has 1 amide bonds. The second-order valence-corrected chi connectivity index (χ2v) is 4.86. The molecule has 5 heteroatoms. The zero-order chi connectivity index (χ0) is 15.2. The predicted molar refractivity (Wildman–Crippen MR) is 81.3 cm³/mol. The van der Waals surface area contributed by atoms with Gasteiger partial charge in [-0.05, 0) is 42.0 Å². The molecule has 0 heterocycles. The van der Waals surface area contributed by atoms with Gasteiger partial charge in [-0.25, -0.2) is 5.06 Å². The first kappa shape index (κ1) is 15.4. The average molecular weight is 306 g/mol. The summed E-state index contributed by atoms with van der Waals surface area (Å²) in [6.07, 6.45) is 0. The number of rotatable bonds is 5. The van der Waals surface area contributed by atoms with Gasteiger partial charge in [0.2, 0.25) is 0 Å². The number of carbonyl (C=O) groups is 1. The van der Waals surface area contributed by atoms with E-state index in [1.165, 1.54) is 12.2 Å². The summed E-state index contributed by atoms with van der Waals surface area (Å²) in [4.78, 5) is 16.7. The van der Waals surface area contributed by atoms with Gasteiger partial charge in [0.05, 0.1) is 7.11 Å². The fourth-order valence-corrected chi connectivity index (χ4v) is 1.83. The van der Waals surface area contributed by atoms with Gasteiger partial charge in [0, 0.05) is 17.6 Å². The third-order valence-corrected chi connectivity index (χ3v) is 3.23. The van der Waals surface area contributed by atoms with Crippen LogP contribution in [0.5, 0.6) is 5.75 Å². The van der Waals surface area contributed by atoms with Crippen molar-refractivity contribution in [3.63, 3.8) is 0 Å². The van der Waals surface area contributed by atoms with Gasteiger partial charge in [-0.2, -0.15) is 0 Å². The molecule has 110 valence electrons. The van der Waals surface area contributed by atoms with Crippen molar-refractivity contribution in [3.05, 3.63) is 64.7 Å². The summed E-state index contributed by atoms with van der Waals surface area (Å²) in [5, 5.41) is 1.87. The fourth-order valence-electron chi connectivity index (χ4n) is 1.71. The highest BCUT2D eigenvalue weighted by molar-refractivity contribution is 6.30. The van der Waals surface area contributed by atoms with Crippen molar-refractivity contribution in [1.29, 1.82) is 0 Å². The van der Waals surface area contributed by atoms with Crippen molar-refractivity contribution in [2.45, 2.75) is 6.61 Å². The minimum Gasteiger partial charge on any atom is -0.489 e. The van der Waals surface area contributed by atoms with Gasteiger partial charge in [0.1, 0.15) is 12.4 Å². The Morgan fingerprint density at radius 3 is 2.29 bits per heavy atom. The number of hydrogen-bond acceptors (Lipinski definition) is 3. The molecule has 21 heavy (non-hydrogen) atoms. The number of ether oxygens (including phenoxy) is 1. The highest BCUT2D eigenvalue weighted by Crippen LogP contribution is 2.16. The molecule has 4 nitrogen and oxygen atoms in total. The van der Waals surface area contributed by atoms with Crippen LogP contribution in [-0.2, 0) is 11.4 Å². The lowest BCUT2D eigenvalue weighted by Gasteiger charge is -2.13.